The maximum Gasteiger partial charge on any atom is 0.253 e. The van der Waals surface area contributed by atoms with Gasteiger partial charge in [0.2, 0.25) is 16.2 Å². The molecule has 3 fully saturated rings. The van der Waals surface area contributed by atoms with Gasteiger partial charge in [-0.15, -0.1) is 15.3 Å². The number of carbonyl (C=O) groups excluding carboxylic acids is 1. The molecule has 0 radical (unpaired) electrons. The lowest BCUT2D eigenvalue weighted by molar-refractivity contribution is -0.135. The van der Waals surface area contributed by atoms with Gasteiger partial charge in [0.05, 0.1) is 0 Å². The van der Waals surface area contributed by atoms with Crippen molar-refractivity contribution in [1.29, 1.82) is 0 Å². The topological polar surface area (TPSA) is 99.2 Å². The first-order valence-corrected chi connectivity index (χ1v) is 14.0. The fourth-order valence-corrected chi connectivity index (χ4v) is 6.49. The van der Waals surface area contributed by atoms with E-state index in [0.29, 0.717) is 28.3 Å². The summed E-state index contributed by atoms with van der Waals surface area (Å²) in [6.07, 6.45) is 6.44. The molecule has 12 heteroatoms. The number of nitrogens with one attached hydrogen (secondary N) is 2. The lowest BCUT2D eigenvalue weighted by Crippen LogP contribution is -2.52. The SMILES string of the molecule is CC1(C)CCC(N2CCC(F)(F)C(CC(=O)Nc3nnc(N[C@@H]4CCN(c5cccnn5)C4)s3)C2)CC1. The molecule has 202 valence electrons. The molecule has 0 aromatic carbocycles. The number of hydrogen-bond donors (Lipinski definition) is 2. The van der Waals surface area contributed by atoms with Crippen molar-refractivity contribution in [1.82, 2.24) is 25.3 Å². The van der Waals surface area contributed by atoms with Crippen LogP contribution in [0.25, 0.3) is 0 Å². The quantitative estimate of drug-likeness (QED) is 0.543. The minimum atomic E-state index is -2.84. The Morgan fingerprint density at radius 1 is 1.08 bits per heavy atom. The predicted molar refractivity (Wildman–Crippen MR) is 140 cm³/mol. The fraction of sp³-hybridized carbons (Fsp3) is 0.720. The zero-order valence-electron chi connectivity index (χ0n) is 21.5. The van der Waals surface area contributed by atoms with Crippen LogP contribution in [0.3, 0.4) is 0 Å². The van der Waals surface area contributed by atoms with Gasteiger partial charge in [-0.3, -0.25) is 9.69 Å². The number of hydrogen-bond acceptors (Lipinski definition) is 9. The van der Waals surface area contributed by atoms with Gasteiger partial charge in [-0.05, 0) is 49.7 Å². The van der Waals surface area contributed by atoms with Crippen molar-refractivity contribution in [2.45, 2.75) is 76.8 Å². The van der Waals surface area contributed by atoms with E-state index < -0.39 is 17.7 Å². The largest absolute Gasteiger partial charge is 0.355 e. The van der Waals surface area contributed by atoms with Gasteiger partial charge < -0.3 is 15.5 Å². The van der Waals surface area contributed by atoms with E-state index in [1.54, 1.807) is 6.20 Å². The molecular formula is C25H36F2N8OS. The van der Waals surface area contributed by atoms with Crippen molar-refractivity contribution >= 4 is 33.3 Å². The van der Waals surface area contributed by atoms with Crippen molar-refractivity contribution in [2.24, 2.45) is 11.3 Å². The first-order valence-electron chi connectivity index (χ1n) is 13.2. The molecule has 2 saturated heterocycles. The summed E-state index contributed by atoms with van der Waals surface area (Å²) in [5, 5.41) is 23.2. The van der Waals surface area contributed by atoms with Gasteiger partial charge in [0.15, 0.2) is 5.82 Å². The highest BCUT2D eigenvalue weighted by molar-refractivity contribution is 7.19. The molecule has 1 unspecified atom stereocenters. The maximum atomic E-state index is 14.8. The molecule has 3 aliphatic rings. The Morgan fingerprint density at radius 2 is 1.86 bits per heavy atom. The Hall–Kier alpha value is -2.47. The molecule has 37 heavy (non-hydrogen) atoms. The summed E-state index contributed by atoms with van der Waals surface area (Å²) in [7, 11) is 0. The van der Waals surface area contributed by atoms with Crippen LogP contribution in [0.15, 0.2) is 18.3 Å². The molecular weight excluding hydrogens is 498 g/mol. The number of carbonyl (C=O) groups is 1. The molecule has 1 saturated carbocycles. The second kappa shape index (κ2) is 10.7. The fourth-order valence-electron chi connectivity index (χ4n) is 5.75. The van der Waals surface area contributed by atoms with E-state index in [1.165, 1.54) is 11.3 Å². The summed E-state index contributed by atoms with van der Waals surface area (Å²) in [6.45, 7) is 6.82. The van der Waals surface area contributed by atoms with Crippen molar-refractivity contribution in [3.63, 3.8) is 0 Å². The Kier molecular flexibility index (Phi) is 7.58. The highest BCUT2D eigenvalue weighted by Gasteiger charge is 2.46. The normalized spacial score (nSPS) is 26.2. The van der Waals surface area contributed by atoms with Gasteiger partial charge in [0, 0.05) is 63.2 Å². The molecule has 4 heterocycles. The molecule has 0 bridgehead atoms. The molecule has 0 spiro atoms. The summed E-state index contributed by atoms with van der Waals surface area (Å²) in [5.74, 6) is -3.43. The molecule has 2 aromatic heterocycles. The van der Waals surface area contributed by atoms with E-state index in [2.05, 4.69) is 54.7 Å². The first kappa shape index (κ1) is 26.1. The van der Waals surface area contributed by atoms with Crippen LogP contribution in [-0.2, 0) is 4.79 Å². The van der Waals surface area contributed by atoms with Gasteiger partial charge in [0.25, 0.3) is 5.92 Å². The molecule has 9 nitrogen and oxygen atoms in total. The minimum Gasteiger partial charge on any atom is -0.355 e. The average molecular weight is 535 g/mol. The zero-order chi connectivity index (χ0) is 26.0. The Bertz CT molecular complexity index is 1060. The third-order valence-corrected chi connectivity index (χ3v) is 8.88. The van der Waals surface area contributed by atoms with Crippen molar-refractivity contribution in [3.8, 4) is 0 Å². The van der Waals surface area contributed by atoms with E-state index >= 15 is 0 Å². The van der Waals surface area contributed by atoms with E-state index in [0.717, 1.165) is 51.0 Å². The van der Waals surface area contributed by atoms with Crippen molar-refractivity contribution < 1.29 is 13.6 Å². The van der Waals surface area contributed by atoms with E-state index in [-0.39, 0.29) is 25.4 Å². The van der Waals surface area contributed by atoms with E-state index in [4.69, 9.17) is 0 Å². The van der Waals surface area contributed by atoms with E-state index in [9.17, 15) is 13.6 Å². The van der Waals surface area contributed by atoms with E-state index in [1.807, 2.05) is 12.1 Å². The summed E-state index contributed by atoms with van der Waals surface area (Å²) in [4.78, 5) is 17.1. The minimum absolute atomic E-state index is 0.163. The summed E-state index contributed by atoms with van der Waals surface area (Å²) in [6, 6.07) is 4.29. The molecule has 1 aliphatic carbocycles. The Morgan fingerprint density at radius 3 is 2.62 bits per heavy atom. The third kappa shape index (κ3) is 6.51. The maximum absolute atomic E-state index is 14.8. The number of piperidine rings is 1. The zero-order valence-corrected chi connectivity index (χ0v) is 22.3. The van der Waals surface area contributed by atoms with Gasteiger partial charge in [-0.25, -0.2) is 8.78 Å². The van der Waals surface area contributed by atoms with Crippen LogP contribution in [0.2, 0.25) is 0 Å². The summed E-state index contributed by atoms with van der Waals surface area (Å²) < 4.78 is 29.5. The van der Waals surface area contributed by atoms with Crippen LogP contribution in [-0.4, -0.2) is 75.4 Å². The highest BCUT2D eigenvalue weighted by Crippen LogP contribution is 2.41. The summed E-state index contributed by atoms with van der Waals surface area (Å²) >= 11 is 1.22. The number of likely N-dealkylation sites (tertiary alicyclic amines) is 1. The lowest BCUT2D eigenvalue weighted by atomic mass is 9.74. The molecule has 1 amide bonds. The number of aromatic nitrogens is 4. The molecule has 2 aromatic rings. The second-order valence-corrected chi connectivity index (χ2v) is 12.4. The van der Waals surface area contributed by atoms with Crippen LogP contribution >= 0.6 is 11.3 Å². The standard InChI is InChI=1S/C25H36F2N8OS/c1-24(2)8-5-19(6-9-24)34-13-10-25(26,27)17(15-34)14-21(36)30-23-33-32-22(37-23)29-18-7-12-35(16-18)20-4-3-11-28-31-20/h3-4,11,17-19H,5-10,12-16H2,1-2H3,(H,29,32)(H,30,33,36)/t17?,18-/m1/s1. The smallest absolute Gasteiger partial charge is 0.253 e. The second-order valence-electron chi connectivity index (χ2n) is 11.4. The number of alkyl halides is 2. The van der Waals surface area contributed by atoms with Gasteiger partial charge in [0.1, 0.15) is 0 Å². The highest BCUT2D eigenvalue weighted by atomic mass is 32.1. The first-order chi connectivity index (χ1) is 17.7. The van der Waals surface area contributed by atoms with Crippen molar-refractivity contribution in [2.75, 3.05) is 41.7 Å². The molecule has 2 aliphatic heterocycles. The van der Waals surface area contributed by atoms with Crippen LogP contribution in [0.5, 0.6) is 0 Å². The number of anilines is 3. The van der Waals surface area contributed by atoms with Crippen LogP contribution in [0.4, 0.5) is 24.9 Å². The van der Waals surface area contributed by atoms with Gasteiger partial charge in [-0.2, -0.15) is 5.10 Å². The van der Waals surface area contributed by atoms with Gasteiger partial charge in [-0.1, -0.05) is 25.2 Å². The molecule has 2 atom stereocenters. The van der Waals surface area contributed by atoms with Crippen molar-refractivity contribution in [3.05, 3.63) is 18.3 Å². The molecule has 2 N–H and O–H groups in total. The third-order valence-electron chi connectivity index (χ3n) is 8.11. The van der Waals surface area contributed by atoms with Crippen LogP contribution in [0, 0.1) is 11.3 Å². The Balaban J connectivity index is 1.11. The summed E-state index contributed by atoms with van der Waals surface area (Å²) in [5.41, 5.74) is 0.332. The van der Waals surface area contributed by atoms with Crippen LogP contribution < -0.4 is 15.5 Å². The van der Waals surface area contributed by atoms with Gasteiger partial charge >= 0.3 is 0 Å². The average Bonchev–Trinajstić information content (AvgIpc) is 3.51. The number of amides is 1. The lowest BCUT2D eigenvalue weighted by Gasteiger charge is -2.45. The van der Waals surface area contributed by atoms with Crippen LogP contribution in [0.1, 0.15) is 58.8 Å². The molecule has 5 rings (SSSR count). The Labute approximate surface area is 220 Å². The number of halogens is 2. The monoisotopic (exact) mass is 534 g/mol. The number of nitrogens with zero attached hydrogens (tertiary/aromatic N) is 6. The predicted octanol–water partition coefficient (Wildman–Crippen LogP) is 4.27. The number of rotatable bonds is 7.